The number of carbonyl (C=O) groups is 2. The smallest absolute Gasteiger partial charge is 0.240 e. The average Bonchev–Trinajstić information content (AvgIpc) is 3.54. The Kier molecular flexibility index (Phi) is 8.20. The van der Waals surface area contributed by atoms with Gasteiger partial charge in [-0.15, -0.1) is 23.1 Å². The van der Waals surface area contributed by atoms with Gasteiger partial charge in [0.1, 0.15) is 12.4 Å². The van der Waals surface area contributed by atoms with E-state index in [1.807, 2.05) is 54.0 Å². The van der Waals surface area contributed by atoms with Gasteiger partial charge in [-0.1, -0.05) is 54.1 Å². The predicted molar refractivity (Wildman–Crippen MR) is 161 cm³/mol. The van der Waals surface area contributed by atoms with E-state index in [4.69, 9.17) is 5.10 Å². The highest BCUT2D eigenvalue weighted by Gasteiger charge is 2.38. The lowest BCUT2D eigenvalue weighted by molar-refractivity contribution is -0.122. The minimum atomic E-state index is -0.189. The van der Waals surface area contributed by atoms with Crippen LogP contribution in [0.5, 0.6) is 0 Å². The van der Waals surface area contributed by atoms with E-state index in [2.05, 4.69) is 54.9 Å². The summed E-state index contributed by atoms with van der Waals surface area (Å²) in [7, 11) is 3.93. The first kappa shape index (κ1) is 27.2. The lowest BCUT2D eigenvalue weighted by Gasteiger charge is -2.24. The van der Waals surface area contributed by atoms with Gasteiger partial charge < -0.3 is 10.2 Å². The van der Waals surface area contributed by atoms with Gasteiger partial charge in [0.15, 0.2) is 0 Å². The number of fused-ring (bicyclic) bond motifs is 1. The minimum Gasteiger partial charge on any atom is -0.353 e. The Morgan fingerprint density at radius 3 is 2.59 bits per heavy atom. The molecule has 0 spiro atoms. The molecule has 0 fully saturated rings. The maximum atomic E-state index is 13.8. The first-order valence-electron chi connectivity index (χ1n) is 13.0. The van der Waals surface area contributed by atoms with E-state index in [0.717, 1.165) is 45.1 Å². The van der Waals surface area contributed by atoms with Crippen LogP contribution in [0.3, 0.4) is 0 Å². The molecule has 0 saturated carbocycles. The third-order valence-corrected chi connectivity index (χ3v) is 9.02. The Morgan fingerprint density at radius 1 is 1.10 bits per heavy atom. The van der Waals surface area contributed by atoms with Crippen LogP contribution in [0.15, 0.2) is 66.0 Å². The number of anilines is 1. The van der Waals surface area contributed by atoms with E-state index in [1.54, 1.807) is 28.0 Å². The molecule has 0 bridgehead atoms. The number of benzene rings is 2. The molecular weight excluding hydrogens is 526 g/mol. The van der Waals surface area contributed by atoms with Gasteiger partial charge in [-0.2, -0.15) is 5.10 Å². The SMILES string of the molecule is Cc1ccc(-n2nc(-c3ccccc3)c3c2N(CC(=O)NCCN(C)C)C(=O)CS[C@@H]3c2cccs2)c(C)c1. The van der Waals surface area contributed by atoms with Gasteiger partial charge in [-0.05, 0) is 51.0 Å². The van der Waals surface area contributed by atoms with Crippen molar-refractivity contribution >= 4 is 40.7 Å². The summed E-state index contributed by atoms with van der Waals surface area (Å²) < 4.78 is 1.88. The number of thiophene rings is 1. The molecule has 1 aliphatic rings. The van der Waals surface area contributed by atoms with Gasteiger partial charge in [0, 0.05) is 29.1 Å². The Labute approximate surface area is 237 Å². The molecule has 4 aromatic rings. The van der Waals surface area contributed by atoms with Crippen LogP contribution < -0.4 is 10.2 Å². The lowest BCUT2D eigenvalue weighted by Crippen LogP contribution is -2.43. The van der Waals surface area contributed by atoms with Crippen LogP contribution in [0, 0.1) is 13.8 Å². The molecule has 0 radical (unpaired) electrons. The van der Waals surface area contributed by atoms with Gasteiger partial charge in [0.25, 0.3) is 0 Å². The number of likely N-dealkylation sites (N-methyl/N-ethyl adjacent to an activating group) is 1. The summed E-state index contributed by atoms with van der Waals surface area (Å²) >= 11 is 3.27. The van der Waals surface area contributed by atoms with E-state index >= 15 is 0 Å². The molecule has 39 heavy (non-hydrogen) atoms. The number of rotatable bonds is 8. The van der Waals surface area contributed by atoms with Crippen LogP contribution in [-0.2, 0) is 9.59 Å². The van der Waals surface area contributed by atoms with E-state index in [1.165, 1.54) is 0 Å². The Hall–Kier alpha value is -3.40. The van der Waals surface area contributed by atoms with Crippen molar-refractivity contribution < 1.29 is 9.59 Å². The molecule has 2 amide bonds. The summed E-state index contributed by atoms with van der Waals surface area (Å²) in [6, 6.07) is 20.5. The van der Waals surface area contributed by atoms with E-state index in [-0.39, 0.29) is 29.4 Å². The van der Waals surface area contributed by atoms with Crippen molar-refractivity contribution in [2.45, 2.75) is 19.1 Å². The van der Waals surface area contributed by atoms with Crippen LogP contribution in [0.25, 0.3) is 16.9 Å². The molecule has 5 rings (SSSR count). The van der Waals surface area contributed by atoms with Crippen molar-refractivity contribution in [3.05, 3.63) is 87.6 Å². The largest absolute Gasteiger partial charge is 0.353 e. The highest BCUT2D eigenvalue weighted by molar-refractivity contribution is 8.00. The zero-order chi connectivity index (χ0) is 27.5. The molecule has 1 atom stereocenters. The summed E-state index contributed by atoms with van der Waals surface area (Å²) in [4.78, 5) is 31.7. The molecule has 3 heterocycles. The second-order valence-electron chi connectivity index (χ2n) is 9.99. The highest BCUT2D eigenvalue weighted by atomic mass is 32.2. The molecule has 2 aromatic heterocycles. The third-order valence-electron chi connectivity index (χ3n) is 6.70. The number of aryl methyl sites for hydroxylation is 2. The van der Waals surface area contributed by atoms with Crippen molar-refractivity contribution in [2.24, 2.45) is 0 Å². The molecule has 9 heteroatoms. The number of hydrogen-bond acceptors (Lipinski definition) is 6. The first-order valence-corrected chi connectivity index (χ1v) is 14.9. The minimum absolute atomic E-state index is 0.0676. The van der Waals surface area contributed by atoms with Crippen LogP contribution in [-0.4, -0.2) is 66.0 Å². The van der Waals surface area contributed by atoms with Gasteiger partial charge in [0.05, 0.1) is 22.4 Å². The van der Waals surface area contributed by atoms with Crippen molar-refractivity contribution in [1.29, 1.82) is 0 Å². The molecule has 7 nitrogen and oxygen atoms in total. The first-order chi connectivity index (χ1) is 18.8. The molecule has 2 aromatic carbocycles. The maximum absolute atomic E-state index is 13.8. The number of nitrogens with one attached hydrogen (secondary N) is 1. The second-order valence-corrected chi connectivity index (χ2v) is 12.1. The number of carbonyl (C=O) groups excluding carboxylic acids is 2. The Balaban J connectivity index is 1.72. The average molecular weight is 560 g/mol. The molecule has 202 valence electrons. The fraction of sp³-hybridized carbons (Fsp3) is 0.300. The summed E-state index contributed by atoms with van der Waals surface area (Å²) in [6.45, 7) is 5.29. The molecule has 1 N–H and O–H groups in total. The van der Waals surface area contributed by atoms with E-state index in [9.17, 15) is 9.59 Å². The predicted octanol–water partition coefficient (Wildman–Crippen LogP) is 5.06. The number of aromatic nitrogens is 2. The third kappa shape index (κ3) is 5.80. The zero-order valence-corrected chi connectivity index (χ0v) is 24.3. The van der Waals surface area contributed by atoms with Gasteiger partial charge in [-0.25, -0.2) is 4.68 Å². The van der Waals surface area contributed by atoms with Crippen LogP contribution in [0.1, 0.15) is 26.8 Å². The van der Waals surface area contributed by atoms with Crippen LogP contribution >= 0.6 is 23.1 Å². The summed E-state index contributed by atoms with van der Waals surface area (Å²) in [5, 5.41) is 10.1. The van der Waals surface area contributed by atoms with Gasteiger partial charge >= 0.3 is 0 Å². The van der Waals surface area contributed by atoms with E-state index in [0.29, 0.717) is 12.4 Å². The van der Waals surface area contributed by atoms with Crippen molar-refractivity contribution in [2.75, 3.05) is 44.4 Å². The maximum Gasteiger partial charge on any atom is 0.240 e. The molecule has 0 saturated heterocycles. The molecular formula is C30H33N5O2S2. The Bertz CT molecular complexity index is 1460. The summed E-state index contributed by atoms with van der Waals surface area (Å²) in [5.41, 5.74) is 5.85. The monoisotopic (exact) mass is 559 g/mol. The molecule has 0 aliphatic carbocycles. The Morgan fingerprint density at radius 2 is 1.90 bits per heavy atom. The number of nitrogens with zero attached hydrogens (tertiary/aromatic N) is 4. The normalized spacial score (nSPS) is 15.4. The summed E-state index contributed by atoms with van der Waals surface area (Å²) in [6.07, 6.45) is 0. The van der Waals surface area contributed by atoms with Gasteiger partial charge in [0.2, 0.25) is 11.8 Å². The van der Waals surface area contributed by atoms with Crippen LogP contribution in [0.2, 0.25) is 0 Å². The van der Waals surface area contributed by atoms with Crippen molar-refractivity contribution in [3.63, 3.8) is 0 Å². The second kappa shape index (κ2) is 11.8. The number of thioether (sulfide) groups is 1. The standard InChI is InChI=1S/C30H33N5O2S2/c1-20-12-13-23(21(2)17-20)35-30-27(28(32-35)22-9-6-5-7-10-22)29(24-11-8-16-38-24)39-19-26(37)34(30)18-25(36)31-14-15-33(3)4/h5-13,16-17,29H,14-15,18-19H2,1-4H3,(H,31,36)/t29-/m1/s1. The van der Waals surface area contributed by atoms with Crippen molar-refractivity contribution in [1.82, 2.24) is 20.0 Å². The number of amides is 2. The lowest BCUT2D eigenvalue weighted by atomic mass is 10.0. The number of hydrogen-bond donors (Lipinski definition) is 1. The highest BCUT2D eigenvalue weighted by Crippen LogP contribution is 2.49. The molecule has 1 aliphatic heterocycles. The fourth-order valence-electron chi connectivity index (χ4n) is 4.82. The van der Waals surface area contributed by atoms with Gasteiger partial charge in [-0.3, -0.25) is 14.5 Å². The quantitative estimate of drug-likeness (QED) is 0.327. The molecule has 0 unspecified atom stereocenters. The van der Waals surface area contributed by atoms with Crippen molar-refractivity contribution in [3.8, 4) is 16.9 Å². The van der Waals surface area contributed by atoms with Crippen LogP contribution in [0.4, 0.5) is 5.82 Å². The summed E-state index contributed by atoms with van der Waals surface area (Å²) in [5.74, 6) is 0.638. The topological polar surface area (TPSA) is 70.5 Å². The van der Waals surface area contributed by atoms with E-state index < -0.39 is 0 Å². The fourth-order valence-corrected chi connectivity index (χ4v) is 7.00. The zero-order valence-electron chi connectivity index (χ0n) is 22.7.